The van der Waals surface area contributed by atoms with Crippen molar-refractivity contribution in [2.75, 3.05) is 11.9 Å². The lowest BCUT2D eigenvalue weighted by Crippen LogP contribution is -2.10. The molecule has 0 saturated heterocycles. The first-order valence-electron chi connectivity index (χ1n) is 8.75. The quantitative estimate of drug-likeness (QED) is 0.534. The van der Waals surface area contributed by atoms with Gasteiger partial charge in [-0.2, -0.15) is 5.10 Å². The maximum atomic E-state index is 14.0. The van der Waals surface area contributed by atoms with Crippen LogP contribution in [0.15, 0.2) is 48.5 Å². The van der Waals surface area contributed by atoms with E-state index in [0.717, 1.165) is 0 Å². The summed E-state index contributed by atoms with van der Waals surface area (Å²) in [7, 11) is 0. The molecule has 0 bridgehead atoms. The molecule has 4 rings (SSSR count). The number of hydrogen-bond acceptors (Lipinski definition) is 5. The molecule has 0 radical (unpaired) electrons. The molecule has 2 N–H and O–H groups in total. The number of halogens is 2. The molecule has 0 saturated carbocycles. The molecule has 0 amide bonds. The van der Waals surface area contributed by atoms with Crippen molar-refractivity contribution in [3.63, 3.8) is 0 Å². The van der Waals surface area contributed by atoms with Crippen LogP contribution in [0.4, 0.5) is 14.6 Å². The molecule has 2 aromatic heterocycles. The summed E-state index contributed by atoms with van der Waals surface area (Å²) < 4.78 is 28.7. The van der Waals surface area contributed by atoms with Gasteiger partial charge in [0.1, 0.15) is 11.6 Å². The number of H-pyrrole nitrogens is 1. The Morgan fingerprint density at radius 1 is 1.07 bits per heavy atom. The number of nitrogens with zero attached hydrogens (tertiary/aromatic N) is 5. The Balaban J connectivity index is 1.67. The van der Waals surface area contributed by atoms with Crippen molar-refractivity contribution in [3.8, 4) is 22.9 Å². The van der Waals surface area contributed by atoms with Gasteiger partial charge in [0, 0.05) is 17.7 Å². The predicted molar refractivity (Wildman–Crippen MR) is 100 cm³/mol. The Morgan fingerprint density at radius 2 is 1.86 bits per heavy atom. The maximum Gasteiger partial charge on any atom is 0.181 e. The highest BCUT2D eigenvalue weighted by Gasteiger charge is 2.19. The van der Waals surface area contributed by atoms with Crippen molar-refractivity contribution < 1.29 is 8.78 Å². The van der Waals surface area contributed by atoms with Crippen LogP contribution in [-0.2, 0) is 6.54 Å². The lowest BCUT2D eigenvalue weighted by Gasteiger charge is -2.09. The maximum absolute atomic E-state index is 14.0. The van der Waals surface area contributed by atoms with E-state index in [0.29, 0.717) is 40.8 Å². The van der Waals surface area contributed by atoms with Crippen LogP contribution >= 0.6 is 0 Å². The molecule has 2 heterocycles. The van der Waals surface area contributed by atoms with E-state index in [9.17, 15) is 8.78 Å². The van der Waals surface area contributed by atoms with Gasteiger partial charge in [0.2, 0.25) is 0 Å². The SMILES string of the molecule is CCNc1c(-c2nc(-c3ccc(F)cc3)n[nH]2)nnn1Cc1ccccc1F. The number of nitrogens with one attached hydrogen (secondary N) is 2. The fourth-order valence-corrected chi connectivity index (χ4v) is 2.81. The Hall–Kier alpha value is -3.62. The summed E-state index contributed by atoms with van der Waals surface area (Å²) >= 11 is 0. The predicted octanol–water partition coefficient (Wildman–Crippen LogP) is 3.49. The summed E-state index contributed by atoms with van der Waals surface area (Å²) in [5, 5.41) is 18.5. The highest BCUT2D eigenvalue weighted by atomic mass is 19.1. The van der Waals surface area contributed by atoms with Crippen LogP contribution < -0.4 is 5.32 Å². The summed E-state index contributed by atoms with van der Waals surface area (Å²) in [6.45, 7) is 2.78. The van der Waals surface area contributed by atoms with E-state index in [2.05, 4.69) is 30.8 Å². The van der Waals surface area contributed by atoms with Gasteiger partial charge in [-0.1, -0.05) is 23.4 Å². The van der Waals surface area contributed by atoms with Crippen LogP contribution in [-0.4, -0.2) is 36.7 Å². The minimum absolute atomic E-state index is 0.223. The second kappa shape index (κ2) is 7.55. The highest BCUT2D eigenvalue weighted by molar-refractivity contribution is 5.67. The van der Waals surface area contributed by atoms with E-state index in [-0.39, 0.29) is 18.2 Å². The first kappa shape index (κ1) is 17.8. The molecule has 0 aliphatic rings. The zero-order valence-electron chi connectivity index (χ0n) is 15.0. The van der Waals surface area contributed by atoms with Crippen LogP contribution in [0.2, 0.25) is 0 Å². The summed E-state index contributed by atoms with van der Waals surface area (Å²) in [5.74, 6) is 0.800. The molecular formula is C19H17F2N7. The minimum Gasteiger partial charge on any atom is -0.369 e. The monoisotopic (exact) mass is 381 g/mol. The smallest absolute Gasteiger partial charge is 0.181 e. The molecule has 0 unspecified atom stereocenters. The minimum atomic E-state index is -0.329. The van der Waals surface area contributed by atoms with Gasteiger partial charge in [0.15, 0.2) is 23.2 Å². The van der Waals surface area contributed by atoms with Gasteiger partial charge in [-0.3, -0.25) is 5.10 Å². The third-order valence-corrected chi connectivity index (χ3v) is 4.17. The average molecular weight is 381 g/mol. The van der Waals surface area contributed by atoms with Crippen LogP contribution in [0.1, 0.15) is 12.5 Å². The first-order valence-corrected chi connectivity index (χ1v) is 8.75. The van der Waals surface area contributed by atoms with Gasteiger partial charge in [-0.15, -0.1) is 5.10 Å². The zero-order chi connectivity index (χ0) is 19.5. The van der Waals surface area contributed by atoms with E-state index in [1.165, 1.54) is 18.2 Å². The zero-order valence-corrected chi connectivity index (χ0v) is 15.0. The number of aromatic nitrogens is 6. The van der Waals surface area contributed by atoms with E-state index >= 15 is 0 Å². The highest BCUT2D eigenvalue weighted by Crippen LogP contribution is 2.25. The van der Waals surface area contributed by atoms with Gasteiger partial charge in [0.05, 0.1) is 6.54 Å². The van der Waals surface area contributed by atoms with E-state index in [4.69, 9.17) is 0 Å². The van der Waals surface area contributed by atoms with Crippen LogP contribution in [0.25, 0.3) is 22.9 Å². The molecule has 0 spiro atoms. The van der Waals surface area contributed by atoms with Crippen molar-refractivity contribution in [1.29, 1.82) is 0 Å². The number of benzene rings is 2. The van der Waals surface area contributed by atoms with E-state index in [1.807, 2.05) is 6.92 Å². The molecule has 28 heavy (non-hydrogen) atoms. The summed E-state index contributed by atoms with van der Waals surface area (Å²) in [6.07, 6.45) is 0. The van der Waals surface area contributed by atoms with Gasteiger partial charge in [-0.05, 0) is 37.3 Å². The summed E-state index contributed by atoms with van der Waals surface area (Å²) in [4.78, 5) is 4.44. The lowest BCUT2D eigenvalue weighted by molar-refractivity contribution is 0.579. The molecule has 0 atom stereocenters. The van der Waals surface area contributed by atoms with Gasteiger partial charge in [-0.25, -0.2) is 18.4 Å². The van der Waals surface area contributed by atoms with E-state index < -0.39 is 0 Å². The molecule has 7 nitrogen and oxygen atoms in total. The molecular weight excluding hydrogens is 364 g/mol. The normalized spacial score (nSPS) is 11.0. The molecule has 0 fully saturated rings. The number of rotatable bonds is 6. The third kappa shape index (κ3) is 3.46. The molecule has 0 aliphatic carbocycles. The van der Waals surface area contributed by atoms with Crippen molar-refractivity contribution in [1.82, 2.24) is 30.2 Å². The molecule has 9 heteroatoms. The largest absolute Gasteiger partial charge is 0.369 e. The number of hydrogen-bond donors (Lipinski definition) is 2. The third-order valence-electron chi connectivity index (χ3n) is 4.17. The topological polar surface area (TPSA) is 84.3 Å². The average Bonchev–Trinajstić information content (AvgIpc) is 3.32. The van der Waals surface area contributed by atoms with Gasteiger partial charge >= 0.3 is 0 Å². The standard InChI is InChI=1S/C19H17F2N7/c1-2-22-19-16(24-27-28(19)11-13-5-3-4-6-15(13)21)18-23-17(25-26-18)12-7-9-14(20)10-8-12/h3-10,22H,2,11H2,1H3,(H,23,25,26). The summed E-state index contributed by atoms with van der Waals surface area (Å²) in [5.41, 5.74) is 1.65. The van der Waals surface area contributed by atoms with Crippen molar-refractivity contribution in [2.24, 2.45) is 0 Å². The molecule has 2 aromatic carbocycles. The van der Waals surface area contributed by atoms with Gasteiger partial charge in [0.25, 0.3) is 0 Å². The fourth-order valence-electron chi connectivity index (χ4n) is 2.81. The van der Waals surface area contributed by atoms with E-state index in [1.54, 1.807) is 35.0 Å². The number of aromatic amines is 1. The van der Waals surface area contributed by atoms with Crippen molar-refractivity contribution in [2.45, 2.75) is 13.5 Å². The Bertz CT molecular complexity index is 1090. The number of anilines is 1. The van der Waals surface area contributed by atoms with Crippen LogP contribution in [0, 0.1) is 11.6 Å². The second-order valence-corrected chi connectivity index (χ2v) is 6.08. The van der Waals surface area contributed by atoms with Crippen LogP contribution in [0.5, 0.6) is 0 Å². The molecule has 4 aromatic rings. The van der Waals surface area contributed by atoms with Crippen molar-refractivity contribution >= 4 is 5.82 Å². The second-order valence-electron chi connectivity index (χ2n) is 6.08. The Morgan fingerprint density at radius 3 is 2.61 bits per heavy atom. The fraction of sp³-hybridized carbons (Fsp3) is 0.158. The van der Waals surface area contributed by atoms with Gasteiger partial charge < -0.3 is 5.32 Å². The lowest BCUT2D eigenvalue weighted by atomic mass is 10.2. The first-order chi connectivity index (χ1) is 13.7. The Kier molecular flexibility index (Phi) is 4.79. The Labute approximate surface area is 159 Å². The summed E-state index contributed by atoms with van der Waals surface area (Å²) in [6, 6.07) is 12.4. The van der Waals surface area contributed by atoms with Crippen LogP contribution in [0.3, 0.4) is 0 Å². The molecule has 142 valence electrons. The molecule has 0 aliphatic heterocycles. The van der Waals surface area contributed by atoms with Crippen molar-refractivity contribution in [3.05, 3.63) is 65.7 Å².